The van der Waals surface area contributed by atoms with E-state index < -0.39 is 10.0 Å². The third-order valence-electron chi connectivity index (χ3n) is 3.98. The summed E-state index contributed by atoms with van der Waals surface area (Å²) in [6.45, 7) is 7.52. The largest absolute Gasteiger partial charge is 0.346 e. The number of aromatic nitrogens is 2. The first-order valence-electron chi connectivity index (χ1n) is 7.58. The van der Waals surface area contributed by atoms with Gasteiger partial charge in [0, 0.05) is 31.7 Å². The highest BCUT2D eigenvalue weighted by Crippen LogP contribution is 2.19. The van der Waals surface area contributed by atoms with Crippen LogP contribution in [-0.2, 0) is 23.0 Å². The number of likely N-dealkylation sites (tertiary alicyclic amines) is 1. The lowest BCUT2D eigenvalue weighted by Gasteiger charge is -2.32. The van der Waals surface area contributed by atoms with Gasteiger partial charge in [-0.2, -0.15) is 0 Å². The van der Waals surface area contributed by atoms with Crippen LogP contribution < -0.4 is 4.72 Å². The van der Waals surface area contributed by atoms with Gasteiger partial charge in [0.05, 0.1) is 11.9 Å². The van der Waals surface area contributed by atoms with Crippen molar-refractivity contribution >= 4 is 10.0 Å². The van der Waals surface area contributed by atoms with Crippen molar-refractivity contribution in [2.24, 2.45) is 5.92 Å². The van der Waals surface area contributed by atoms with E-state index >= 15 is 0 Å². The highest BCUT2D eigenvalue weighted by Gasteiger charge is 2.22. The Hall–Kier alpha value is -0.920. The van der Waals surface area contributed by atoms with Crippen LogP contribution in [-0.4, -0.2) is 49.2 Å². The molecule has 1 aromatic heterocycles. The minimum Gasteiger partial charge on any atom is -0.346 e. The predicted molar refractivity (Wildman–Crippen MR) is 83.6 cm³/mol. The van der Waals surface area contributed by atoms with Crippen LogP contribution in [0.15, 0.2) is 0 Å². The average Bonchev–Trinajstić information content (AvgIpc) is 2.77. The first-order chi connectivity index (χ1) is 9.87. The first kappa shape index (κ1) is 16.5. The van der Waals surface area contributed by atoms with Crippen molar-refractivity contribution in [3.8, 4) is 0 Å². The molecule has 1 saturated heterocycles. The summed E-state index contributed by atoms with van der Waals surface area (Å²) >= 11 is 0. The number of hydrogen-bond acceptors (Lipinski definition) is 4. The van der Waals surface area contributed by atoms with Crippen molar-refractivity contribution in [2.45, 2.75) is 39.7 Å². The Labute approximate surface area is 127 Å². The highest BCUT2D eigenvalue weighted by molar-refractivity contribution is 7.88. The summed E-state index contributed by atoms with van der Waals surface area (Å²) in [6, 6.07) is 0. The second-order valence-electron chi connectivity index (χ2n) is 5.97. The normalized spacial score (nSPS) is 20.8. The molecule has 1 atom stereocenters. The molecule has 6 nitrogen and oxygen atoms in total. The fraction of sp³-hybridized carbons (Fsp3) is 0.786. The molecule has 2 N–H and O–H groups in total. The lowest BCUT2D eigenvalue weighted by molar-refractivity contribution is 0.167. The molecule has 2 rings (SSSR count). The Morgan fingerprint density at radius 3 is 2.86 bits per heavy atom. The van der Waals surface area contributed by atoms with Gasteiger partial charge in [-0.25, -0.2) is 18.1 Å². The van der Waals surface area contributed by atoms with Crippen LogP contribution in [0.3, 0.4) is 0 Å². The Morgan fingerprint density at radius 2 is 2.24 bits per heavy atom. The molecule has 1 aliphatic rings. The molecule has 1 aliphatic heterocycles. The number of aryl methyl sites for hydroxylation is 2. The van der Waals surface area contributed by atoms with E-state index in [1.807, 2.05) is 0 Å². The molecule has 1 fully saturated rings. The van der Waals surface area contributed by atoms with Gasteiger partial charge in [0.2, 0.25) is 10.0 Å². The molecule has 0 spiro atoms. The third kappa shape index (κ3) is 5.09. The minimum absolute atomic E-state index is 0.387. The number of imidazole rings is 1. The number of nitrogens with one attached hydrogen (secondary N) is 2. The molecular formula is C14H26N4O2S. The number of sulfonamides is 1. The molecule has 7 heteroatoms. The number of aromatic amines is 1. The molecule has 0 amide bonds. The van der Waals surface area contributed by atoms with Gasteiger partial charge in [0.1, 0.15) is 5.82 Å². The third-order valence-corrected chi connectivity index (χ3v) is 4.67. The van der Waals surface area contributed by atoms with Gasteiger partial charge >= 0.3 is 0 Å². The standard InChI is InChI=1S/C14H26N4O2S/c1-4-14-16-11(2)13(17-14)10-18-7-5-6-12(9-18)8-15-21(3,19)20/h12,15H,4-10H2,1-3H3,(H,16,17). The Bertz CT molecular complexity index is 568. The maximum atomic E-state index is 11.2. The maximum absolute atomic E-state index is 11.2. The van der Waals surface area contributed by atoms with Gasteiger partial charge < -0.3 is 4.98 Å². The van der Waals surface area contributed by atoms with E-state index in [4.69, 9.17) is 0 Å². The Balaban J connectivity index is 1.90. The van der Waals surface area contributed by atoms with Crippen LogP contribution in [0, 0.1) is 12.8 Å². The zero-order valence-corrected chi connectivity index (χ0v) is 14.0. The molecule has 0 aliphatic carbocycles. The van der Waals surface area contributed by atoms with Crippen LogP contribution in [0.5, 0.6) is 0 Å². The zero-order chi connectivity index (χ0) is 15.5. The van der Waals surface area contributed by atoms with Crippen LogP contribution in [0.2, 0.25) is 0 Å². The summed E-state index contributed by atoms with van der Waals surface area (Å²) < 4.78 is 25.0. The van der Waals surface area contributed by atoms with E-state index in [-0.39, 0.29) is 0 Å². The highest BCUT2D eigenvalue weighted by atomic mass is 32.2. The zero-order valence-electron chi connectivity index (χ0n) is 13.1. The summed E-state index contributed by atoms with van der Waals surface area (Å²) in [5.74, 6) is 1.42. The lowest BCUT2D eigenvalue weighted by atomic mass is 9.98. The van der Waals surface area contributed by atoms with Crippen molar-refractivity contribution in [3.63, 3.8) is 0 Å². The maximum Gasteiger partial charge on any atom is 0.208 e. The molecule has 2 heterocycles. The van der Waals surface area contributed by atoms with E-state index in [9.17, 15) is 8.42 Å². The van der Waals surface area contributed by atoms with Crippen molar-refractivity contribution in [1.82, 2.24) is 19.6 Å². The van der Waals surface area contributed by atoms with E-state index in [2.05, 4.69) is 33.4 Å². The fourth-order valence-electron chi connectivity index (χ4n) is 2.83. The predicted octanol–water partition coefficient (Wildman–Crippen LogP) is 1.04. The molecule has 120 valence electrons. The van der Waals surface area contributed by atoms with Crippen molar-refractivity contribution in [1.29, 1.82) is 0 Å². The summed E-state index contributed by atoms with van der Waals surface area (Å²) in [4.78, 5) is 10.3. The second kappa shape index (κ2) is 6.89. The number of nitrogens with zero attached hydrogens (tertiary/aromatic N) is 2. The number of hydrogen-bond donors (Lipinski definition) is 2. The first-order valence-corrected chi connectivity index (χ1v) is 9.48. The molecule has 0 radical (unpaired) electrons. The smallest absolute Gasteiger partial charge is 0.208 e. The van der Waals surface area contributed by atoms with Crippen molar-refractivity contribution in [2.75, 3.05) is 25.9 Å². The van der Waals surface area contributed by atoms with Crippen LogP contribution in [0.4, 0.5) is 0 Å². The van der Waals surface area contributed by atoms with E-state index in [0.29, 0.717) is 12.5 Å². The van der Waals surface area contributed by atoms with Gasteiger partial charge in [-0.3, -0.25) is 4.90 Å². The molecule has 0 saturated carbocycles. The van der Waals surface area contributed by atoms with Crippen LogP contribution in [0.25, 0.3) is 0 Å². The minimum atomic E-state index is -3.09. The number of rotatable bonds is 6. The summed E-state index contributed by atoms with van der Waals surface area (Å²) in [5.41, 5.74) is 2.26. The quantitative estimate of drug-likeness (QED) is 0.822. The van der Waals surface area contributed by atoms with E-state index in [1.165, 1.54) is 6.26 Å². The topological polar surface area (TPSA) is 78.1 Å². The van der Waals surface area contributed by atoms with Crippen LogP contribution >= 0.6 is 0 Å². The summed E-state index contributed by atoms with van der Waals surface area (Å²) in [7, 11) is -3.09. The molecule has 0 bridgehead atoms. The second-order valence-corrected chi connectivity index (χ2v) is 7.81. The van der Waals surface area contributed by atoms with Crippen LogP contribution in [0.1, 0.15) is 37.0 Å². The SMILES string of the molecule is CCc1nc(CN2CCCC(CNS(C)(=O)=O)C2)c(C)[nH]1. The van der Waals surface area contributed by atoms with Gasteiger partial charge in [0.15, 0.2) is 0 Å². The molecule has 21 heavy (non-hydrogen) atoms. The number of piperidine rings is 1. The van der Waals surface area contributed by atoms with Crippen molar-refractivity contribution in [3.05, 3.63) is 17.2 Å². The average molecular weight is 314 g/mol. The fourth-order valence-corrected chi connectivity index (χ4v) is 3.37. The lowest BCUT2D eigenvalue weighted by Crippen LogP contribution is -2.40. The van der Waals surface area contributed by atoms with Crippen molar-refractivity contribution < 1.29 is 8.42 Å². The van der Waals surface area contributed by atoms with Gasteiger partial charge in [-0.05, 0) is 32.2 Å². The molecule has 1 unspecified atom stereocenters. The van der Waals surface area contributed by atoms with Gasteiger partial charge in [-0.15, -0.1) is 0 Å². The van der Waals surface area contributed by atoms with E-state index in [0.717, 1.165) is 56.1 Å². The van der Waals surface area contributed by atoms with Gasteiger partial charge in [-0.1, -0.05) is 6.92 Å². The molecule has 1 aromatic rings. The van der Waals surface area contributed by atoms with Gasteiger partial charge in [0.25, 0.3) is 0 Å². The molecule has 0 aromatic carbocycles. The monoisotopic (exact) mass is 314 g/mol. The van der Waals surface area contributed by atoms with E-state index in [1.54, 1.807) is 0 Å². The summed E-state index contributed by atoms with van der Waals surface area (Å²) in [6.07, 6.45) is 4.33. The Morgan fingerprint density at radius 1 is 1.48 bits per heavy atom. The summed E-state index contributed by atoms with van der Waals surface area (Å²) in [5, 5.41) is 0. The molecular weight excluding hydrogens is 288 g/mol. The Kier molecular flexibility index (Phi) is 5.40. The number of H-pyrrole nitrogens is 1.